The van der Waals surface area contributed by atoms with Crippen LogP contribution in [0.1, 0.15) is 5.56 Å². The Balaban J connectivity index is 2.23. The number of fused-ring (bicyclic) bond motifs is 1. The summed E-state index contributed by atoms with van der Waals surface area (Å²) in [6.07, 6.45) is 1.83. The molecule has 0 saturated heterocycles. The number of methoxy groups -OCH3 is 1. The van der Waals surface area contributed by atoms with Gasteiger partial charge in [-0.1, -0.05) is 6.08 Å². The quantitative estimate of drug-likeness (QED) is 0.487. The lowest BCUT2D eigenvalue weighted by molar-refractivity contribution is 0.415. The molecule has 0 bridgehead atoms. The van der Waals surface area contributed by atoms with Gasteiger partial charge in [0, 0.05) is 24.5 Å². The van der Waals surface area contributed by atoms with Crippen molar-refractivity contribution in [3.63, 3.8) is 0 Å². The van der Waals surface area contributed by atoms with Gasteiger partial charge in [0.05, 0.1) is 13.7 Å². The van der Waals surface area contributed by atoms with Gasteiger partial charge in [-0.2, -0.15) is 0 Å². The number of thiophene rings is 1. The summed E-state index contributed by atoms with van der Waals surface area (Å²) in [4.78, 5) is 16.0. The van der Waals surface area contributed by atoms with Crippen LogP contribution < -0.4 is 9.64 Å². The van der Waals surface area contributed by atoms with E-state index in [1.807, 2.05) is 49.2 Å². The van der Waals surface area contributed by atoms with Crippen LogP contribution in [0.2, 0.25) is 0 Å². The van der Waals surface area contributed by atoms with Gasteiger partial charge in [0.2, 0.25) is 5.00 Å². The zero-order valence-corrected chi connectivity index (χ0v) is 15.2. The van der Waals surface area contributed by atoms with Gasteiger partial charge < -0.3 is 9.64 Å². The number of aryl methyl sites for hydroxylation is 1. The second-order valence-electron chi connectivity index (χ2n) is 5.59. The number of nitrogens with zero attached hydrogens (tertiary/aromatic N) is 4. The fraction of sp³-hybridized carbons (Fsp3) is 0.211. The van der Waals surface area contributed by atoms with Crippen LogP contribution >= 0.6 is 11.3 Å². The van der Waals surface area contributed by atoms with Crippen LogP contribution in [0.5, 0.6) is 5.75 Å². The molecule has 3 aromatic rings. The van der Waals surface area contributed by atoms with Crippen LogP contribution in [-0.2, 0) is 0 Å². The van der Waals surface area contributed by atoms with Crippen molar-refractivity contribution in [2.45, 2.75) is 6.92 Å². The van der Waals surface area contributed by atoms with E-state index >= 15 is 0 Å². The largest absolute Gasteiger partial charge is 0.497 e. The molecule has 0 N–H and O–H groups in total. The van der Waals surface area contributed by atoms with Crippen LogP contribution in [-0.4, -0.2) is 30.7 Å². The van der Waals surface area contributed by atoms with E-state index in [-0.39, 0.29) is 0 Å². The molecule has 0 aliphatic carbocycles. The molecular weight excluding hydrogens is 332 g/mol. The van der Waals surface area contributed by atoms with Gasteiger partial charge in [0.15, 0.2) is 5.82 Å². The molecule has 0 amide bonds. The zero-order chi connectivity index (χ0) is 18.0. The van der Waals surface area contributed by atoms with E-state index in [0.29, 0.717) is 17.4 Å². The summed E-state index contributed by atoms with van der Waals surface area (Å²) in [7, 11) is 3.61. The first-order chi connectivity index (χ1) is 12.1. The highest BCUT2D eigenvalue weighted by atomic mass is 32.1. The molecule has 5 nitrogen and oxygen atoms in total. The van der Waals surface area contributed by atoms with Crippen molar-refractivity contribution in [1.82, 2.24) is 9.97 Å². The van der Waals surface area contributed by atoms with Gasteiger partial charge in [-0.05, 0) is 36.8 Å². The van der Waals surface area contributed by atoms with E-state index in [9.17, 15) is 0 Å². The van der Waals surface area contributed by atoms with Crippen LogP contribution in [0, 0.1) is 13.5 Å². The van der Waals surface area contributed by atoms with Gasteiger partial charge in [0.25, 0.3) is 0 Å². The molecule has 0 spiro atoms. The van der Waals surface area contributed by atoms with E-state index in [0.717, 1.165) is 32.9 Å². The molecule has 0 unspecified atom stereocenters. The molecule has 0 radical (unpaired) electrons. The van der Waals surface area contributed by atoms with Crippen LogP contribution in [0.25, 0.3) is 26.4 Å². The summed E-state index contributed by atoms with van der Waals surface area (Å²) in [5, 5.41) is 1.60. The minimum absolute atomic E-state index is 0.638. The van der Waals surface area contributed by atoms with Gasteiger partial charge in [0.1, 0.15) is 16.4 Å². The predicted octanol–water partition coefficient (Wildman–Crippen LogP) is 4.85. The Morgan fingerprint density at radius 3 is 2.64 bits per heavy atom. The molecule has 126 valence electrons. The second kappa shape index (κ2) is 6.91. The van der Waals surface area contributed by atoms with Gasteiger partial charge in [-0.15, -0.1) is 17.9 Å². The standard InChI is InChI=1S/C19H18N4OS/c1-6-11-23(4)17-15-12(2)18(20-3)25-19(15)22-16(21-17)13-7-9-14(24-5)10-8-13/h6-10H,1,11H2,2,4-5H3. The summed E-state index contributed by atoms with van der Waals surface area (Å²) in [5.74, 6) is 2.24. The van der Waals surface area contributed by atoms with Crippen molar-refractivity contribution >= 4 is 32.4 Å². The molecule has 0 aliphatic heterocycles. The first-order valence-electron chi connectivity index (χ1n) is 7.74. The molecule has 0 fully saturated rings. The lowest BCUT2D eigenvalue weighted by atomic mass is 10.2. The zero-order valence-electron chi connectivity index (χ0n) is 14.4. The smallest absolute Gasteiger partial charge is 0.246 e. The first-order valence-corrected chi connectivity index (χ1v) is 8.55. The van der Waals surface area contributed by atoms with Crippen molar-refractivity contribution in [2.75, 3.05) is 25.6 Å². The van der Waals surface area contributed by atoms with Crippen LogP contribution in [0.4, 0.5) is 10.8 Å². The molecule has 3 rings (SSSR count). The summed E-state index contributed by atoms with van der Waals surface area (Å²) >= 11 is 1.41. The Bertz CT molecular complexity index is 970. The molecule has 6 heteroatoms. The van der Waals surface area contributed by atoms with Crippen LogP contribution in [0.3, 0.4) is 0 Å². The number of aromatic nitrogens is 2. The molecular formula is C19H18N4OS. The molecule has 0 atom stereocenters. The summed E-state index contributed by atoms with van der Waals surface area (Å²) in [6, 6.07) is 7.65. The third-order valence-corrected chi connectivity index (χ3v) is 5.04. The molecule has 0 aliphatic rings. The lowest BCUT2D eigenvalue weighted by Crippen LogP contribution is -2.19. The highest BCUT2D eigenvalue weighted by molar-refractivity contribution is 7.22. The number of likely N-dealkylation sites (N-methyl/N-ethyl adjacent to an activating group) is 1. The maximum absolute atomic E-state index is 7.38. The fourth-order valence-electron chi connectivity index (χ4n) is 2.64. The first kappa shape index (κ1) is 16.9. The maximum atomic E-state index is 7.38. The van der Waals surface area contributed by atoms with E-state index in [1.54, 1.807) is 7.11 Å². The summed E-state index contributed by atoms with van der Waals surface area (Å²) in [6.45, 7) is 13.8. The van der Waals surface area contributed by atoms with Crippen molar-refractivity contribution < 1.29 is 4.74 Å². The van der Waals surface area contributed by atoms with Crippen molar-refractivity contribution in [3.05, 3.63) is 53.9 Å². The summed E-state index contributed by atoms with van der Waals surface area (Å²) < 4.78 is 5.21. The number of ether oxygens (including phenoxy) is 1. The predicted molar refractivity (Wildman–Crippen MR) is 104 cm³/mol. The van der Waals surface area contributed by atoms with Crippen molar-refractivity contribution in [2.24, 2.45) is 0 Å². The van der Waals surface area contributed by atoms with Gasteiger partial charge in [-0.25, -0.2) is 14.8 Å². The van der Waals surface area contributed by atoms with Gasteiger partial charge in [-0.3, -0.25) is 0 Å². The Morgan fingerprint density at radius 2 is 2.04 bits per heavy atom. The average Bonchev–Trinajstić information content (AvgIpc) is 2.97. The number of anilines is 1. The Labute approximate surface area is 151 Å². The van der Waals surface area contributed by atoms with Crippen LogP contribution in [0.15, 0.2) is 36.9 Å². The topological polar surface area (TPSA) is 42.6 Å². The maximum Gasteiger partial charge on any atom is 0.246 e. The lowest BCUT2D eigenvalue weighted by Gasteiger charge is -2.18. The minimum Gasteiger partial charge on any atom is -0.497 e. The monoisotopic (exact) mass is 350 g/mol. The molecule has 2 aromatic heterocycles. The average molecular weight is 350 g/mol. The van der Waals surface area contributed by atoms with E-state index in [4.69, 9.17) is 21.3 Å². The third-order valence-electron chi connectivity index (χ3n) is 3.96. The number of rotatable bonds is 5. The van der Waals surface area contributed by atoms with Gasteiger partial charge >= 0.3 is 0 Å². The van der Waals surface area contributed by atoms with Crippen molar-refractivity contribution in [1.29, 1.82) is 0 Å². The van der Waals surface area contributed by atoms with E-state index < -0.39 is 0 Å². The second-order valence-corrected chi connectivity index (χ2v) is 6.57. The third kappa shape index (κ3) is 3.06. The number of hydrogen-bond donors (Lipinski definition) is 0. The minimum atomic E-state index is 0.638. The Morgan fingerprint density at radius 1 is 1.32 bits per heavy atom. The fourth-order valence-corrected chi connectivity index (χ4v) is 3.60. The SMILES string of the molecule is [C-]#[N+]c1sc2nc(-c3ccc(OC)cc3)nc(N(C)CC=C)c2c1C. The highest BCUT2D eigenvalue weighted by Crippen LogP contribution is 2.41. The Hall–Kier alpha value is -2.91. The highest BCUT2D eigenvalue weighted by Gasteiger charge is 2.19. The molecule has 2 heterocycles. The molecule has 0 saturated carbocycles. The number of hydrogen-bond acceptors (Lipinski definition) is 5. The number of benzene rings is 1. The van der Waals surface area contributed by atoms with E-state index in [1.165, 1.54) is 11.3 Å². The summed E-state index contributed by atoms with van der Waals surface area (Å²) in [5.41, 5.74) is 1.84. The molecule has 1 aromatic carbocycles. The molecule has 25 heavy (non-hydrogen) atoms. The Kier molecular flexibility index (Phi) is 4.68. The van der Waals surface area contributed by atoms with E-state index in [2.05, 4.69) is 11.4 Å². The van der Waals surface area contributed by atoms with Crippen molar-refractivity contribution in [3.8, 4) is 17.1 Å². The normalized spacial score (nSPS) is 10.5.